The quantitative estimate of drug-likeness (QED) is 0.718. The molecular formula is C9H13NO3S. The van der Waals surface area contributed by atoms with Crippen molar-refractivity contribution in [1.29, 1.82) is 0 Å². The van der Waals surface area contributed by atoms with E-state index in [1.165, 1.54) is 11.3 Å². The molecule has 0 spiro atoms. The summed E-state index contributed by atoms with van der Waals surface area (Å²) in [6.45, 7) is 4.36. The summed E-state index contributed by atoms with van der Waals surface area (Å²) in [6, 6.07) is 0. The highest BCUT2D eigenvalue weighted by atomic mass is 32.1. The zero-order chi connectivity index (χ0) is 10.6. The van der Waals surface area contributed by atoms with Crippen LogP contribution in [0.2, 0.25) is 0 Å². The molecule has 0 N–H and O–H groups in total. The molecule has 0 amide bonds. The summed E-state index contributed by atoms with van der Waals surface area (Å²) in [6.07, 6.45) is 0. The van der Waals surface area contributed by atoms with Crippen molar-refractivity contribution in [2.45, 2.75) is 20.5 Å². The Morgan fingerprint density at radius 1 is 1.57 bits per heavy atom. The number of aromatic nitrogens is 1. The predicted molar refractivity (Wildman–Crippen MR) is 53.5 cm³/mol. The second-order valence-corrected chi connectivity index (χ2v) is 3.87. The van der Waals surface area contributed by atoms with Crippen LogP contribution < -0.4 is 0 Å². The molecule has 0 unspecified atom stereocenters. The SMILES string of the molecule is CCOC(=O)c1sc(C)nc1COC. The van der Waals surface area contributed by atoms with Crippen molar-refractivity contribution < 1.29 is 14.3 Å². The fraction of sp³-hybridized carbons (Fsp3) is 0.556. The van der Waals surface area contributed by atoms with Crippen molar-refractivity contribution in [2.24, 2.45) is 0 Å². The Morgan fingerprint density at radius 2 is 2.29 bits per heavy atom. The third kappa shape index (κ3) is 2.52. The minimum absolute atomic E-state index is 0.315. The maximum atomic E-state index is 11.4. The van der Waals surface area contributed by atoms with Gasteiger partial charge in [-0.3, -0.25) is 0 Å². The van der Waals surface area contributed by atoms with E-state index < -0.39 is 0 Å². The number of esters is 1. The summed E-state index contributed by atoms with van der Waals surface area (Å²) in [7, 11) is 1.57. The zero-order valence-corrected chi connectivity index (χ0v) is 9.31. The van der Waals surface area contributed by atoms with Gasteiger partial charge >= 0.3 is 5.97 Å². The first-order chi connectivity index (χ1) is 6.69. The Morgan fingerprint density at radius 3 is 2.86 bits per heavy atom. The van der Waals surface area contributed by atoms with Gasteiger partial charge in [0.25, 0.3) is 0 Å². The molecule has 1 aromatic rings. The molecule has 78 valence electrons. The van der Waals surface area contributed by atoms with E-state index >= 15 is 0 Å². The van der Waals surface area contributed by atoms with Crippen LogP contribution in [0.5, 0.6) is 0 Å². The van der Waals surface area contributed by atoms with E-state index in [1.807, 2.05) is 6.92 Å². The molecule has 0 aromatic carbocycles. The van der Waals surface area contributed by atoms with Gasteiger partial charge in [0.05, 0.1) is 23.9 Å². The van der Waals surface area contributed by atoms with Crippen LogP contribution in [0.3, 0.4) is 0 Å². The minimum atomic E-state index is -0.315. The number of hydrogen-bond acceptors (Lipinski definition) is 5. The average molecular weight is 215 g/mol. The van der Waals surface area contributed by atoms with Gasteiger partial charge in [-0.05, 0) is 13.8 Å². The van der Waals surface area contributed by atoms with Gasteiger partial charge in [0.15, 0.2) is 0 Å². The van der Waals surface area contributed by atoms with Gasteiger partial charge in [0, 0.05) is 7.11 Å². The first kappa shape index (κ1) is 11.1. The molecule has 0 aliphatic rings. The van der Waals surface area contributed by atoms with Crippen LogP contribution in [0.1, 0.15) is 27.3 Å². The summed E-state index contributed by atoms with van der Waals surface area (Å²) in [5.74, 6) is -0.315. The Balaban J connectivity index is 2.88. The molecule has 1 rings (SSSR count). The molecule has 4 nitrogen and oxygen atoms in total. The maximum absolute atomic E-state index is 11.4. The van der Waals surface area contributed by atoms with Gasteiger partial charge in [-0.25, -0.2) is 9.78 Å². The fourth-order valence-electron chi connectivity index (χ4n) is 1.06. The number of rotatable bonds is 4. The third-order valence-corrected chi connectivity index (χ3v) is 2.54. The lowest BCUT2D eigenvalue weighted by molar-refractivity contribution is 0.0527. The Kier molecular flexibility index (Phi) is 4.03. The molecule has 0 aliphatic heterocycles. The van der Waals surface area contributed by atoms with E-state index in [0.717, 1.165) is 5.01 Å². The highest BCUT2D eigenvalue weighted by molar-refractivity contribution is 7.13. The molecule has 0 aliphatic carbocycles. The normalized spacial score (nSPS) is 10.2. The number of carbonyl (C=O) groups is 1. The molecule has 5 heteroatoms. The predicted octanol–water partition coefficient (Wildman–Crippen LogP) is 1.77. The van der Waals surface area contributed by atoms with Crippen molar-refractivity contribution in [3.63, 3.8) is 0 Å². The summed E-state index contributed by atoms with van der Waals surface area (Å²) in [5, 5.41) is 0.847. The summed E-state index contributed by atoms with van der Waals surface area (Å²) < 4.78 is 9.85. The average Bonchev–Trinajstić information content (AvgIpc) is 2.48. The van der Waals surface area contributed by atoms with Crippen molar-refractivity contribution in [2.75, 3.05) is 13.7 Å². The lowest BCUT2D eigenvalue weighted by atomic mass is 10.4. The Labute approximate surface area is 86.9 Å². The number of thiazole rings is 1. The van der Waals surface area contributed by atoms with Crippen LogP contribution in [-0.4, -0.2) is 24.7 Å². The number of carbonyl (C=O) groups excluding carboxylic acids is 1. The molecule has 0 fully saturated rings. The standard InChI is InChI=1S/C9H13NO3S/c1-4-13-9(11)8-7(5-12-3)10-6(2)14-8/h4-5H2,1-3H3. The van der Waals surface area contributed by atoms with Gasteiger partial charge in [0.2, 0.25) is 0 Å². The van der Waals surface area contributed by atoms with Crippen molar-refractivity contribution in [1.82, 2.24) is 4.98 Å². The Bertz CT molecular complexity index is 322. The number of methoxy groups -OCH3 is 1. The topological polar surface area (TPSA) is 48.4 Å². The van der Waals surface area contributed by atoms with E-state index in [9.17, 15) is 4.79 Å². The molecule has 0 atom stereocenters. The number of ether oxygens (including phenoxy) is 2. The van der Waals surface area contributed by atoms with E-state index in [0.29, 0.717) is 23.8 Å². The van der Waals surface area contributed by atoms with Crippen molar-refractivity contribution in [3.05, 3.63) is 15.6 Å². The third-order valence-electron chi connectivity index (χ3n) is 1.55. The van der Waals surface area contributed by atoms with E-state index in [2.05, 4.69) is 4.98 Å². The van der Waals surface area contributed by atoms with Gasteiger partial charge in [-0.2, -0.15) is 0 Å². The second-order valence-electron chi connectivity index (χ2n) is 2.66. The highest BCUT2D eigenvalue weighted by Gasteiger charge is 2.17. The second kappa shape index (κ2) is 5.07. The summed E-state index contributed by atoms with van der Waals surface area (Å²) in [4.78, 5) is 16.2. The van der Waals surface area contributed by atoms with Crippen molar-refractivity contribution in [3.8, 4) is 0 Å². The molecule has 1 heterocycles. The van der Waals surface area contributed by atoms with Gasteiger partial charge in [-0.1, -0.05) is 0 Å². The van der Waals surface area contributed by atoms with Crippen molar-refractivity contribution >= 4 is 17.3 Å². The van der Waals surface area contributed by atoms with Crippen LogP contribution in [0, 0.1) is 6.92 Å². The Hall–Kier alpha value is -0.940. The molecule has 0 saturated heterocycles. The number of aryl methyl sites for hydroxylation is 1. The van der Waals surface area contributed by atoms with E-state index in [1.54, 1.807) is 14.0 Å². The lowest BCUT2D eigenvalue weighted by Gasteiger charge is -2.00. The lowest BCUT2D eigenvalue weighted by Crippen LogP contribution is -2.06. The van der Waals surface area contributed by atoms with Crippen LogP contribution >= 0.6 is 11.3 Å². The summed E-state index contributed by atoms with van der Waals surface area (Å²) in [5.41, 5.74) is 0.661. The molecule has 0 saturated carbocycles. The van der Waals surface area contributed by atoms with Crippen LogP contribution in [0.25, 0.3) is 0 Å². The zero-order valence-electron chi connectivity index (χ0n) is 8.49. The molecule has 14 heavy (non-hydrogen) atoms. The van der Waals surface area contributed by atoms with E-state index in [-0.39, 0.29) is 5.97 Å². The first-order valence-corrected chi connectivity index (χ1v) is 5.13. The fourth-order valence-corrected chi connectivity index (χ4v) is 1.88. The van der Waals surface area contributed by atoms with Crippen LogP contribution in [0.4, 0.5) is 0 Å². The minimum Gasteiger partial charge on any atom is -0.462 e. The molecular weight excluding hydrogens is 202 g/mol. The highest BCUT2D eigenvalue weighted by Crippen LogP contribution is 2.19. The van der Waals surface area contributed by atoms with Crippen LogP contribution in [0.15, 0.2) is 0 Å². The molecule has 0 radical (unpaired) electrons. The number of nitrogens with zero attached hydrogens (tertiary/aromatic N) is 1. The van der Waals surface area contributed by atoms with Crippen LogP contribution in [-0.2, 0) is 16.1 Å². The first-order valence-electron chi connectivity index (χ1n) is 4.31. The smallest absolute Gasteiger partial charge is 0.350 e. The number of hydrogen-bond donors (Lipinski definition) is 0. The van der Waals surface area contributed by atoms with Gasteiger partial charge in [0.1, 0.15) is 4.88 Å². The molecule has 0 bridgehead atoms. The summed E-state index contributed by atoms with van der Waals surface area (Å²) >= 11 is 1.34. The largest absolute Gasteiger partial charge is 0.462 e. The van der Waals surface area contributed by atoms with Gasteiger partial charge in [-0.15, -0.1) is 11.3 Å². The maximum Gasteiger partial charge on any atom is 0.350 e. The van der Waals surface area contributed by atoms with E-state index in [4.69, 9.17) is 9.47 Å². The van der Waals surface area contributed by atoms with Gasteiger partial charge < -0.3 is 9.47 Å². The molecule has 1 aromatic heterocycles. The monoisotopic (exact) mass is 215 g/mol.